The van der Waals surface area contributed by atoms with Crippen molar-refractivity contribution in [3.05, 3.63) is 36.2 Å². The first-order valence-electron chi connectivity index (χ1n) is 6.15. The first kappa shape index (κ1) is 13.1. The summed E-state index contributed by atoms with van der Waals surface area (Å²) in [5.74, 6) is -0.369. The van der Waals surface area contributed by atoms with Crippen LogP contribution < -0.4 is 0 Å². The molecule has 4 heteroatoms. The summed E-state index contributed by atoms with van der Waals surface area (Å²) in [6.07, 6.45) is 6.94. The van der Waals surface area contributed by atoms with Gasteiger partial charge >= 0.3 is 5.97 Å². The van der Waals surface area contributed by atoms with E-state index in [2.05, 4.69) is 4.98 Å². The standard InChI is InChI=1S/C14H16ClNO2/c1-2-18-14(17)12-4-3-11(15)9-13(12)10-5-7-16-8-6-10/h5-9,11-12H,2-4H2,1H3. The van der Waals surface area contributed by atoms with E-state index in [1.807, 2.05) is 25.1 Å². The Labute approximate surface area is 112 Å². The van der Waals surface area contributed by atoms with E-state index in [9.17, 15) is 4.79 Å². The summed E-state index contributed by atoms with van der Waals surface area (Å²) in [4.78, 5) is 16.0. The molecule has 0 N–H and O–H groups in total. The lowest BCUT2D eigenvalue weighted by Crippen LogP contribution is -2.24. The third-order valence-electron chi connectivity index (χ3n) is 3.05. The molecule has 0 saturated carbocycles. The van der Waals surface area contributed by atoms with Gasteiger partial charge < -0.3 is 4.74 Å². The minimum atomic E-state index is -0.206. The molecule has 2 unspecified atom stereocenters. The van der Waals surface area contributed by atoms with Gasteiger partial charge in [0.2, 0.25) is 0 Å². The van der Waals surface area contributed by atoms with Crippen molar-refractivity contribution in [2.24, 2.45) is 5.92 Å². The molecule has 0 amide bonds. The number of nitrogens with zero attached hydrogens (tertiary/aromatic N) is 1. The number of carbonyl (C=O) groups is 1. The average molecular weight is 266 g/mol. The van der Waals surface area contributed by atoms with Crippen molar-refractivity contribution in [3.8, 4) is 0 Å². The monoisotopic (exact) mass is 265 g/mol. The molecule has 1 aliphatic rings. The number of halogens is 1. The largest absolute Gasteiger partial charge is 0.466 e. The van der Waals surface area contributed by atoms with Crippen LogP contribution in [0.1, 0.15) is 25.3 Å². The van der Waals surface area contributed by atoms with Gasteiger partial charge in [-0.25, -0.2) is 0 Å². The summed E-state index contributed by atoms with van der Waals surface area (Å²) in [7, 11) is 0. The predicted octanol–water partition coefficient (Wildman–Crippen LogP) is 3.05. The van der Waals surface area contributed by atoms with Gasteiger partial charge in [-0.3, -0.25) is 9.78 Å². The van der Waals surface area contributed by atoms with Crippen LogP contribution in [0.15, 0.2) is 30.6 Å². The van der Waals surface area contributed by atoms with Crippen molar-refractivity contribution in [1.29, 1.82) is 0 Å². The molecule has 0 fully saturated rings. The Balaban J connectivity index is 2.30. The van der Waals surface area contributed by atoms with Crippen LogP contribution in [0.2, 0.25) is 0 Å². The third kappa shape index (κ3) is 2.91. The molecule has 1 aromatic rings. The zero-order valence-electron chi connectivity index (χ0n) is 10.3. The molecule has 96 valence electrons. The molecule has 18 heavy (non-hydrogen) atoms. The van der Waals surface area contributed by atoms with Crippen LogP contribution in [-0.4, -0.2) is 22.9 Å². The van der Waals surface area contributed by atoms with Gasteiger partial charge in [0.25, 0.3) is 0 Å². The van der Waals surface area contributed by atoms with E-state index in [0.29, 0.717) is 6.61 Å². The Morgan fingerprint density at radius 1 is 1.44 bits per heavy atom. The number of pyridine rings is 1. The highest BCUT2D eigenvalue weighted by atomic mass is 35.5. The maximum atomic E-state index is 12.0. The predicted molar refractivity (Wildman–Crippen MR) is 71.2 cm³/mol. The van der Waals surface area contributed by atoms with E-state index in [1.165, 1.54) is 0 Å². The lowest BCUT2D eigenvalue weighted by atomic mass is 9.84. The normalized spacial score (nSPS) is 23.3. The molecule has 2 rings (SSSR count). The van der Waals surface area contributed by atoms with Crippen molar-refractivity contribution >= 4 is 23.1 Å². The number of aromatic nitrogens is 1. The summed E-state index contributed by atoms with van der Waals surface area (Å²) in [5, 5.41) is -0.0150. The second-order valence-corrected chi connectivity index (χ2v) is 4.82. The second kappa shape index (κ2) is 6.01. The highest BCUT2D eigenvalue weighted by molar-refractivity contribution is 6.22. The Morgan fingerprint density at radius 2 is 2.17 bits per heavy atom. The molecule has 1 heterocycles. The molecule has 0 radical (unpaired) electrons. The van der Waals surface area contributed by atoms with E-state index in [4.69, 9.17) is 16.3 Å². The highest BCUT2D eigenvalue weighted by Crippen LogP contribution is 2.35. The number of alkyl halides is 1. The number of hydrogen-bond donors (Lipinski definition) is 0. The molecule has 2 atom stereocenters. The van der Waals surface area contributed by atoms with Crippen molar-refractivity contribution in [2.75, 3.05) is 6.61 Å². The topological polar surface area (TPSA) is 39.2 Å². The molecule has 0 aromatic carbocycles. The third-order valence-corrected chi connectivity index (χ3v) is 3.40. The fourth-order valence-corrected chi connectivity index (χ4v) is 2.47. The maximum absolute atomic E-state index is 12.0. The lowest BCUT2D eigenvalue weighted by Gasteiger charge is -2.25. The quantitative estimate of drug-likeness (QED) is 0.623. The van der Waals surface area contributed by atoms with E-state index in [-0.39, 0.29) is 17.3 Å². The molecular weight excluding hydrogens is 250 g/mol. The molecule has 0 spiro atoms. The SMILES string of the molecule is CCOC(=O)C1CCC(Cl)C=C1c1ccncc1. The molecule has 0 aliphatic heterocycles. The summed E-state index contributed by atoms with van der Waals surface area (Å²) in [6, 6.07) is 3.79. The van der Waals surface area contributed by atoms with Gasteiger partial charge in [-0.05, 0) is 43.0 Å². The zero-order valence-corrected chi connectivity index (χ0v) is 11.1. The van der Waals surface area contributed by atoms with Crippen LogP contribution in [0, 0.1) is 5.92 Å². The fraction of sp³-hybridized carbons (Fsp3) is 0.429. The summed E-state index contributed by atoms with van der Waals surface area (Å²) in [6.45, 7) is 2.23. The Kier molecular flexibility index (Phi) is 4.37. The van der Waals surface area contributed by atoms with Crippen LogP contribution in [0.5, 0.6) is 0 Å². The molecular formula is C14H16ClNO2. The van der Waals surface area contributed by atoms with Gasteiger partial charge in [0.15, 0.2) is 0 Å². The summed E-state index contributed by atoms with van der Waals surface area (Å²) >= 11 is 6.16. The van der Waals surface area contributed by atoms with Crippen LogP contribution in [0.25, 0.3) is 5.57 Å². The summed E-state index contributed by atoms with van der Waals surface area (Å²) in [5.41, 5.74) is 1.95. The second-order valence-electron chi connectivity index (χ2n) is 4.26. The van der Waals surface area contributed by atoms with Gasteiger partial charge in [0, 0.05) is 12.4 Å². The Morgan fingerprint density at radius 3 is 2.83 bits per heavy atom. The van der Waals surface area contributed by atoms with Gasteiger partial charge in [0.1, 0.15) is 0 Å². The van der Waals surface area contributed by atoms with E-state index in [0.717, 1.165) is 24.0 Å². The Hall–Kier alpha value is -1.35. The Bertz CT molecular complexity index is 444. The van der Waals surface area contributed by atoms with Crippen LogP contribution >= 0.6 is 11.6 Å². The number of rotatable bonds is 3. The van der Waals surface area contributed by atoms with Crippen LogP contribution in [0.3, 0.4) is 0 Å². The number of esters is 1. The van der Waals surface area contributed by atoms with Crippen molar-refractivity contribution in [3.63, 3.8) is 0 Å². The minimum absolute atomic E-state index is 0.0150. The first-order chi connectivity index (χ1) is 8.72. The molecule has 3 nitrogen and oxygen atoms in total. The first-order valence-corrected chi connectivity index (χ1v) is 6.58. The maximum Gasteiger partial charge on any atom is 0.313 e. The highest BCUT2D eigenvalue weighted by Gasteiger charge is 2.29. The average Bonchev–Trinajstić information content (AvgIpc) is 2.40. The van der Waals surface area contributed by atoms with Crippen LogP contribution in [-0.2, 0) is 9.53 Å². The fourth-order valence-electron chi connectivity index (χ4n) is 2.21. The van der Waals surface area contributed by atoms with E-state index in [1.54, 1.807) is 12.4 Å². The lowest BCUT2D eigenvalue weighted by molar-refractivity contribution is -0.146. The smallest absolute Gasteiger partial charge is 0.313 e. The number of hydrogen-bond acceptors (Lipinski definition) is 3. The van der Waals surface area contributed by atoms with Crippen molar-refractivity contribution in [2.45, 2.75) is 25.1 Å². The van der Waals surface area contributed by atoms with E-state index < -0.39 is 0 Å². The number of carbonyl (C=O) groups excluding carboxylic acids is 1. The van der Waals surface area contributed by atoms with Gasteiger partial charge in [-0.2, -0.15) is 0 Å². The van der Waals surface area contributed by atoms with Gasteiger partial charge in [-0.15, -0.1) is 11.6 Å². The van der Waals surface area contributed by atoms with Crippen molar-refractivity contribution in [1.82, 2.24) is 4.98 Å². The van der Waals surface area contributed by atoms with Crippen LogP contribution in [0.4, 0.5) is 0 Å². The molecule has 1 aromatic heterocycles. The number of ether oxygens (including phenoxy) is 1. The van der Waals surface area contributed by atoms with Crippen molar-refractivity contribution < 1.29 is 9.53 Å². The van der Waals surface area contributed by atoms with Gasteiger partial charge in [-0.1, -0.05) is 6.08 Å². The minimum Gasteiger partial charge on any atom is -0.466 e. The summed E-state index contributed by atoms with van der Waals surface area (Å²) < 4.78 is 5.13. The molecule has 1 aliphatic carbocycles. The molecule has 0 saturated heterocycles. The van der Waals surface area contributed by atoms with E-state index >= 15 is 0 Å². The molecule has 0 bridgehead atoms. The number of allylic oxidation sites excluding steroid dienone is 1. The van der Waals surface area contributed by atoms with Gasteiger partial charge in [0.05, 0.1) is 17.9 Å². The zero-order chi connectivity index (χ0) is 13.0.